The van der Waals surface area contributed by atoms with E-state index in [1.54, 1.807) is 0 Å². The van der Waals surface area contributed by atoms with E-state index in [0.29, 0.717) is 6.04 Å². The molecule has 20 heavy (non-hydrogen) atoms. The minimum absolute atomic E-state index is 0.183. The third kappa shape index (κ3) is 2.98. The Morgan fingerprint density at radius 1 is 0.950 bits per heavy atom. The molecule has 0 spiro atoms. The number of nitrogens with one attached hydrogen (secondary N) is 1. The molecule has 1 heterocycles. The van der Waals surface area contributed by atoms with E-state index in [4.69, 9.17) is 0 Å². The Hall–Kier alpha value is -1.90. The van der Waals surface area contributed by atoms with Gasteiger partial charge in [0.25, 0.3) is 0 Å². The molecular formula is C17H21N3. The smallest absolute Gasteiger partial charge is 0.148 e. The van der Waals surface area contributed by atoms with E-state index in [1.165, 1.54) is 18.4 Å². The topological polar surface area (TPSA) is 37.8 Å². The Kier molecular flexibility index (Phi) is 3.20. The molecule has 1 fully saturated rings. The van der Waals surface area contributed by atoms with Gasteiger partial charge in [-0.2, -0.15) is 0 Å². The molecule has 0 aliphatic heterocycles. The van der Waals surface area contributed by atoms with E-state index in [0.717, 1.165) is 17.1 Å². The van der Waals surface area contributed by atoms with Crippen LogP contribution in [0.5, 0.6) is 0 Å². The van der Waals surface area contributed by atoms with Crippen LogP contribution < -0.4 is 5.32 Å². The molecule has 2 aromatic rings. The van der Waals surface area contributed by atoms with Crippen molar-refractivity contribution in [3.05, 3.63) is 42.0 Å². The van der Waals surface area contributed by atoms with Crippen LogP contribution in [-0.4, -0.2) is 16.2 Å². The van der Waals surface area contributed by atoms with Crippen LogP contribution in [0.15, 0.2) is 36.4 Å². The first-order valence-corrected chi connectivity index (χ1v) is 7.23. The summed E-state index contributed by atoms with van der Waals surface area (Å²) in [6.45, 7) is 6.67. The second kappa shape index (κ2) is 4.89. The number of aromatic nitrogens is 2. The standard InChI is InChI=1S/C17H21N3/c1-17(2,3)13-6-4-12(5-7-13)15-10-11-16(20-19-15)18-14-8-9-14/h4-7,10-11,14H,8-9H2,1-3H3,(H,18,20). The number of rotatable bonds is 3. The van der Waals surface area contributed by atoms with Gasteiger partial charge in [-0.1, -0.05) is 45.0 Å². The lowest BCUT2D eigenvalue weighted by Gasteiger charge is -2.19. The van der Waals surface area contributed by atoms with Crippen molar-refractivity contribution in [2.45, 2.75) is 45.1 Å². The maximum atomic E-state index is 4.31. The van der Waals surface area contributed by atoms with Gasteiger partial charge in [0.05, 0.1) is 5.69 Å². The number of nitrogens with zero attached hydrogens (tertiary/aromatic N) is 2. The predicted molar refractivity (Wildman–Crippen MR) is 82.8 cm³/mol. The number of hydrogen-bond acceptors (Lipinski definition) is 3. The lowest BCUT2D eigenvalue weighted by molar-refractivity contribution is 0.590. The van der Waals surface area contributed by atoms with Crippen LogP contribution in [0.2, 0.25) is 0 Å². The predicted octanol–water partition coefficient (Wildman–Crippen LogP) is 4.02. The number of hydrogen-bond donors (Lipinski definition) is 1. The molecule has 1 aliphatic rings. The van der Waals surface area contributed by atoms with Crippen LogP contribution in [0.1, 0.15) is 39.2 Å². The third-order valence-corrected chi connectivity index (χ3v) is 3.64. The van der Waals surface area contributed by atoms with Crippen LogP contribution in [-0.2, 0) is 5.41 Å². The second-order valence-electron chi connectivity index (χ2n) is 6.55. The molecule has 0 atom stereocenters. The highest BCUT2D eigenvalue weighted by Gasteiger charge is 2.21. The first kappa shape index (κ1) is 13.1. The lowest BCUT2D eigenvalue weighted by Crippen LogP contribution is -2.10. The van der Waals surface area contributed by atoms with Gasteiger partial charge in [0.2, 0.25) is 0 Å². The zero-order valence-corrected chi connectivity index (χ0v) is 12.4. The summed E-state index contributed by atoms with van der Waals surface area (Å²) >= 11 is 0. The first-order chi connectivity index (χ1) is 9.52. The Morgan fingerprint density at radius 3 is 2.15 bits per heavy atom. The second-order valence-corrected chi connectivity index (χ2v) is 6.55. The van der Waals surface area contributed by atoms with Crippen molar-refractivity contribution in [1.82, 2.24) is 10.2 Å². The van der Waals surface area contributed by atoms with Crippen LogP contribution in [0.3, 0.4) is 0 Å². The van der Waals surface area contributed by atoms with Gasteiger partial charge in [-0.15, -0.1) is 10.2 Å². The summed E-state index contributed by atoms with van der Waals surface area (Å²) < 4.78 is 0. The minimum atomic E-state index is 0.183. The zero-order chi connectivity index (χ0) is 14.2. The van der Waals surface area contributed by atoms with E-state index in [-0.39, 0.29) is 5.41 Å². The van der Waals surface area contributed by atoms with E-state index in [2.05, 4.69) is 60.6 Å². The summed E-state index contributed by atoms with van der Waals surface area (Å²) in [5.41, 5.74) is 3.55. The van der Waals surface area contributed by atoms with Gasteiger partial charge < -0.3 is 5.32 Å². The summed E-state index contributed by atoms with van der Waals surface area (Å²) in [5.74, 6) is 0.877. The Morgan fingerprint density at radius 2 is 1.65 bits per heavy atom. The van der Waals surface area contributed by atoms with Crippen molar-refractivity contribution in [1.29, 1.82) is 0 Å². The largest absolute Gasteiger partial charge is 0.366 e. The summed E-state index contributed by atoms with van der Waals surface area (Å²) in [5, 5.41) is 11.9. The Bertz CT molecular complexity index is 575. The van der Waals surface area contributed by atoms with Crippen molar-refractivity contribution < 1.29 is 0 Å². The number of benzene rings is 1. The SMILES string of the molecule is CC(C)(C)c1ccc(-c2ccc(NC3CC3)nn2)cc1. The van der Waals surface area contributed by atoms with Gasteiger partial charge in [0.1, 0.15) is 5.82 Å². The van der Waals surface area contributed by atoms with Crippen molar-refractivity contribution in [3.8, 4) is 11.3 Å². The molecule has 3 heteroatoms. The molecule has 0 saturated heterocycles. The fraction of sp³-hybridized carbons (Fsp3) is 0.412. The molecule has 0 unspecified atom stereocenters. The fourth-order valence-corrected chi connectivity index (χ4v) is 2.14. The molecule has 1 aromatic carbocycles. The highest BCUT2D eigenvalue weighted by atomic mass is 15.2. The summed E-state index contributed by atoms with van der Waals surface area (Å²) in [6, 6.07) is 13.3. The van der Waals surface area contributed by atoms with E-state index >= 15 is 0 Å². The van der Waals surface area contributed by atoms with E-state index in [1.807, 2.05) is 12.1 Å². The van der Waals surface area contributed by atoms with Gasteiger partial charge in [-0.25, -0.2) is 0 Å². The van der Waals surface area contributed by atoms with Crippen LogP contribution in [0.25, 0.3) is 11.3 Å². The van der Waals surface area contributed by atoms with Gasteiger partial charge >= 0.3 is 0 Å². The van der Waals surface area contributed by atoms with Crippen molar-refractivity contribution in [2.24, 2.45) is 0 Å². The van der Waals surface area contributed by atoms with Crippen LogP contribution in [0.4, 0.5) is 5.82 Å². The van der Waals surface area contributed by atoms with Crippen molar-refractivity contribution >= 4 is 5.82 Å². The maximum Gasteiger partial charge on any atom is 0.148 e. The van der Waals surface area contributed by atoms with Gasteiger partial charge in [0, 0.05) is 11.6 Å². The lowest BCUT2D eigenvalue weighted by atomic mass is 9.86. The first-order valence-electron chi connectivity index (χ1n) is 7.23. The zero-order valence-electron chi connectivity index (χ0n) is 12.4. The average Bonchev–Trinajstić information content (AvgIpc) is 3.23. The Labute approximate surface area is 120 Å². The van der Waals surface area contributed by atoms with E-state index < -0.39 is 0 Å². The molecular weight excluding hydrogens is 246 g/mol. The van der Waals surface area contributed by atoms with Crippen molar-refractivity contribution in [3.63, 3.8) is 0 Å². The highest BCUT2D eigenvalue weighted by Crippen LogP contribution is 2.26. The van der Waals surface area contributed by atoms with Crippen LogP contribution >= 0.6 is 0 Å². The average molecular weight is 267 g/mol. The molecule has 104 valence electrons. The number of anilines is 1. The monoisotopic (exact) mass is 267 g/mol. The molecule has 1 aromatic heterocycles. The maximum absolute atomic E-state index is 4.31. The molecule has 1 N–H and O–H groups in total. The Balaban J connectivity index is 1.77. The van der Waals surface area contributed by atoms with Gasteiger partial charge in [0.15, 0.2) is 0 Å². The minimum Gasteiger partial charge on any atom is -0.366 e. The molecule has 3 rings (SSSR count). The molecule has 3 nitrogen and oxygen atoms in total. The summed E-state index contributed by atoms with van der Waals surface area (Å²) in [4.78, 5) is 0. The highest BCUT2D eigenvalue weighted by molar-refractivity contribution is 5.60. The van der Waals surface area contributed by atoms with E-state index in [9.17, 15) is 0 Å². The molecule has 0 bridgehead atoms. The quantitative estimate of drug-likeness (QED) is 0.913. The van der Waals surface area contributed by atoms with Gasteiger partial charge in [-0.3, -0.25) is 0 Å². The molecule has 0 amide bonds. The molecule has 1 saturated carbocycles. The van der Waals surface area contributed by atoms with Gasteiger partial charge in [-0.05, 0) is 36.0 Å². The molecule has 0 radical (unpaired) electrons. The normalized spacial score (nSPS) is 15.2. The third-order valence-electron chi connectivity index (χ3n) is 3.64. The fourth-order valence-electron chi connectivity index (χ4n) is 2.14. The van der Waals surface area contributed by atoms with Crippen LogP contribution in [0, 0.1) is 0 Å². The van der Waals surface area contributed by atoms with Crippen molar-refractivity contribution in [2.75, 3.05) is 5.32 Å². The summed E-state index contributed by atoms with van der Waals surface area (Å²) in [6.07, 6.45) is 2.50. The summed E-state index contributed by atoms with van der Waals surface area (Å²) in [7, 11) is 0. The molecule has 1 aliphatic carbocycles.